The Morgan fingerprint density at radius 3 is 2.28 bits per heavy atom. The number of hydrogen-bond acceptors (Lipinski definition) is 4. The van der Waals surface area contributed by atoms with Crippen molar-refractivity contribution in [1.29, 1.82) is 0 Å². The van der Waals surface area contributed by atoms with Crippen LogP contribution in [0.1, 0.15) is 22.8 Å². The van der Waals surface area contributed by atoms with Crippen LogP contribution in [0, 0.1) is 6.92 Å². The summed E-state index contributed by atoms with van der Waals surface area (Å²) >= 11 is 0. The van der Waals surface area contributed by atoms with Crippen molar-refractivity contribution in [2.45, 2.75) is 18.7 Å². The molecule has 2 aromatic rings. The topological polar surface area (TPSA) is 88.0 Å². The summed E-state index contributed by atoms with van der Waals surface area (Å²) in [6, 6.07) is 13.7. The third-order valence-corrected chi connectivity index (χ3v) is 6.99. The molecule has 1 aliphatic rings. The molecular weight excluding hydrogens is 390 g/mol. The molecule has 1 fully saturated rings. The monoisotopic (exact) mass is 416 g/mol. The zero-order chi connectivity index (χ0) is 21.0. The van der Waals surface area contributed by atoms with Gasteiger partial charge < -0.3 is 10.2 Å². The highest BCUT2D eigenvalue weighted by atomic mass is 32.2. The minimum Gasteiger partial charge on any atom is -0.325 e. The molecule has 0 radical (unpaired) electrons. The fourth-order valence-corrected chi connectivity index (χ4v) is 4.84. The largest absolute Gasteiger partial charge is 0.325 e. The Labute approximate surface area is 171 Å². The molecule has 8 heteroatoms. The van der Waals surface area contributed by atoms with E-state index in [1.165, 1.54) is 11.2 Å². The van der Waals surface area contributed by atoms with E-state index in [-0.39, 0.29) is 18.2 Å². The lowest BCUT2D eigenvalue weighted by Gasteiger charge is -2.31. The van der Waals surface area contributed by atoms with Crippen LogP contribution < -0.4 is 10.2 Å². The number of para-hydroxylation sites is 1. The van der Waals surface area contributed by atoms with Gasteiger partial charge in [0, 0.05) is 5.56 Å². The second-order valence-electron chi connectivity index (χ2n) is 7.29. The SMILES string of the molecule is CC(=O)c1ccccc1NC(=O)C[NH+]1CCN(S(=O)(=O)c2ccc(C)cc2)CC1. The Balaban J connectivity index is 1.57. The number of hydrogen-bond donors (Lipinski definition) is 2. The van der Waals surface area contributed by atoms with Gasteiger partial charge in [0.05, 0.1) is 36.8 Å². The van der Waals surface area contributed by atoms with Crippen LogP contribution in [0.2, 0.25) is 0 Å². The Kier molecular flexibility index (Phi) is 6.46. The van der Waals surface area contributed by atoms with E-state index in [0.717, 1.165) is 10.5 Å². The molecule has 1 saturated heterocycles. The molecule has 1 heterocycles. The molecule has 2 N–H and O–H groups in total. The molecule has 0 spiro atoms. The standard InChI is InChI=1S/C21H25N3O4S/c1-16-7-9-18(10-8-16)29(27,28)24-13-11-23(12-14-24)15-21(26)22-20-6-4-3-5-19(20)17(2)25/h3-10H,11-15H2,1-2H3,(H,22,26)/p+1. The second kappa shape index (κ2) is 8.86. The molecule has 154 valence electrons. The molecule has 7 nitrogen and oxygen atoms in total. The maximum atomic E-state index is 12.8. The molecule has 0 bridgehead atoms. The summed E-state index contributed by atoms with van der Waals surface area (Å²) in [4.78, 5) is 25.4. The van der Waals surface area contributed by atoms with Crippen molar-refractivity contribution >= 4 is 27.4 Å². The second-order valence-corrected chi connectivity index (χ2v) is 9.23. The van der Waals surface area contributed by atoms with Gasteiger partial charge in [-0.1, -0.05) is 29.8 Å². The van der Waals surface area contributed by atoms with Gasteiger partial charge in [-0.3, -0.25) is 9.59 Å². The molecule has 1 amide bonds. The number of anilines is 1. The maximum Gasteiger partial charge on any atom is 0.279 e. The summed E-state index contributed by atoms with van der Waals surface area (Å²) < 4.78 is 27.0. The summed E-state index contributed by atoms with van der Waals surface area (Å²) in [5.41, 5.74) is 1.99. The number of benzene rings is 2. The van der Waals surface area contributed by atoms with E-state index in [0.29, 0.717) is 42.3 Å². The van der Waals surface area contributed by atoms with E-state index in [1.54, 1.807) is 48.5 Å². The minimum atomic E-state index is -3.51. The van der Waals surface area contributed by atoms with Crippen molar-refractivity contribution in [2.24, 2.45) is 0 Å². The van der Waals surface area contributed by atoms with Crippen LogP contribution in [0.4, 0.5) is 5.69 Å². The van der Waals surface area contributed by atoms with Gasteiger partial charge in [-0.2, -0.15) is 4.31 Å². The van der Waals surface area contributed by atoms with Gasteiger partial charge in [0.25, 0.3) is 5.91 Å². The Morgan fingerprint density at radius 1 is 1.03 bits per heavy atom. The van der Waals surface area contributed by atoms with Gasteiger partial charge in [0.1, 0.15) is 0 Å². The molecule has 0 unspecified atom stereocenters. The highest BCUT2D eigenvalue weighted by Gasteiger charge is 2.31. The Morgan fingerprint density at radius 2 is 1.66 bits per heavy atom. The summed E-state index contributed by atoms with van der Waals surface area (Å²) in [6.45, 7) is 5.43. The van der Waals surface area contributed by atoms with Crippen LogP contribution in [0.25, 0.3) is 0 Å². The predicted octanol–water partition coefficient (Wildman–Crippen LogP) is 0.726. The quantitative estimate of drug-likeness (QED) is 0.680. The zero-order valence-corrected chi connectivity index (χ0v) is 17.5. The first-order valence-electron chi connectivity index (χ1n) is 9.57. The third kappa shape index (κ3) is 5.09. The maximum absolute atomic E-state index is 12.8. The first kappa shape index (κ1) is 21.2. The first-order valence-corrected chi connectivity index (χ1v) is 11.0. The molecule has 1 aliphatic heterocycles. The number of carbonyl (C=O) groups is 2. The van der Waals surface area contributed by atoms with Gasteiger partial charge >= 0.3 is 0 Å². The van der Waals surface area contributed by atoms with Crippen molar-refractivity contribution in [2.75, 3.05) is 38.0 Å². The van der Waals surface area contributed by atoms with Crippen molar-refractivity contribution in [1.82, 2.24) is 4.31 Å². The zero-order valence-electron chi connectivity index (χ0n) is 16.6. The molecule has 0 aliphatic carbocycles. The smallest absolute Gasteiger partial charge is 0.279 e. The van der Waals surface area contributed by atoms with E-state index in [1.807, 2.05) is 6.92 Å². The lowest BCUT2D eigenvalue weighted by molar-refractivity contribution is -0.895. The number of sulfonamides is 1. The summed E-state index contributed by atoms with van der Waals surface area (Å²) in [5, 5.41) is 2.80. The number of nitrogens with zero attached hydrogens (tertiary/aromatic N) is 1. The molecule has 3 rings (SSSR count). The number of rotatable bonds is 6. The minimum absolute atomic E-state index is 0.108. The number of piperazine rings is 1. The first-order chi connectivity index (χ1) is 13.8. The van der Waals surface area contributed by atoms with Crippen molar-refractivity contribution in [3.8, 4) is 0 Å². The normalized spacial score (nSPS) is 15.8. The van der Waals surface area contributed by atoms with E-state index < -0.39 is 10.0 Å². The Bertz CT molecular complexity index is 995. The van der Waals surface area contributed by atoms with Crippen LogP contribution in [-0.2, 0) is 14.8 Å². The summed E-state index contributed by atoms with van der Waals surface area (Å²) in [6.07, 6.45) is 0. The number of Topliss-reactive ketones (excluding diaryl/α,β-unsaturated/α-hetero) is 1. The van der Waals surface area contributed by atoms with Crippen LogP contribution >= 0.6 is 0 Å². The van der Waals surface area contributed by atoms with Crippen LogP contribution in [0.3, 0.4) is 0 Å². The van der Waals surface area contributed by atoms with Crippen molar-refractivity contribution in [3.05, 3.63) is 59.7 Å². The van der Waals surface area contributed by atoms with E-state index in [4.69, 9.17) is 0 Å². The average Bonchev–Trinajstić information content (AvgIpc) is 2.69. The summed E-state index contributed by atoms with van der Waals surface area (Å²) in [5.74, 6) is -0.299. The number of ketones is 1. The van der Waals surface area contributed by atoms with E-state index in [9.17, 15) is 18.0 Å². The molecule has 0 aromatic heterocycles. The predicted molar refractivity (Wildman–Crippen MR) is 111 cm³/mol. The van der Waals surface area contributed by atoms with Gasteiger partial charge in [-0.15, -0.1) is 0 Å². The summed E-state index contributed by atoms with van der Waals surface area (Å²) in [7, 11) is -3.51. The molecule has 0 atom stereocenters. The number of nitrogens with one attached hydrogen (secondary N) is 2. The lowest BCUT2D eigenvalue weighted by atomic mass is 10.1. The third-order valence-electron chi connectivity index (χ3n) is 5.08. The van der Waals surface area contributed by atoms with Gasteiger partial charge in [-0.05, 0) is 38.1 Å². The molecule has 2 aromatic carbocycles. The van der Waals surface area contributed by atoms with Gasteiger partial charge in [-0.25, -0.2) is 8.42 Å². The molecule has 0 saturated carbocycles. The van der Waals surface area contributed by atoms with E-state index in [2.05, 4.69) is 5.32 Å². The fourth-order valence-electron chi connectivity index (χ4n) is 3.40. The number of carbonyl (C=O) groups excluding carboxylic acids is 2. The van der Waals surface area contributed by atoms with Crippen molar-refractivity contribution < 1.29 is 22.9 Å². The highest BCUT2D eigenvalue weighted by Crippen LogP contribution is 2.17. The molecular formula is C21H26N3O4S+. The van der Waals surface area contributed by atoms with Gasteiger partial charge in [0.2, 0.25) is 10.0 Å². The fraction of sp³-hybridized carbons (Fsp3) is 0.333. The van der Waals surface area contributed by atoms with Crippen LogP contribution in [-0.4, -0.2) is 57.1 Å². The van der Waals surface area contributed by atoms with Crippen LogP contribution in [0.15, 0.2) is 53.4 Å². The number of aryl methyl sites for hydroxylation is 1. The molecule has 29 heavy (non-hydrogen) atoms. The Hall–Kier alpha value is -2.55. The van der Waals surface area contributed by atoms with Gasteiger partial charge in [0.15, 0.2) is 12.3 Å². The lowest BCUT2D eigenvalue weighted by Crippen LogP contribution is -3.15. The van der Waals surface area contributed by atoms with Crippen molar-refractivity contribution in [3.63, 3.8) is 0 Å². The number of amides is 1. The highest BCUT2D eigenvalue weighted by molar-refractivity contribution is 7.89. The van der Waals surface area contributed by atoms with Crippen LogP contribution in [0.5, 0.6) is 0 Å². The van der Waals surface area contributed by atoms with E-state index >= 15 is 0 Å². The average molecular weight is 417 g/mol. The number of quaternary nitrogens is 1.